The summed E-state index contributed by atoms with van der Waals surface area (Å²) in [6.45, 7) is 4.34. The number of ether oxygens (including phenoxy) is 1. The van der Waals surface area contributed by atoms with E-state index in [1.165, 1.54) is 9.80 Å². The molecule has 1 aromatic carbocycles. The largest absolute Gasteiger partial charge is 0.452 e. The quantitative estimate of drug-likeness (QED) is 0.673. The summed E-state index contributed by atoms with van der Waals surface area (Å²) in [6.07, 6.45) is 4.13. The average molecular weight is 428 g/mol. The fraction of sp³-hybridized carbons (Fsp3) is 0.565. The van der Waals surface area contributed by atoms with Crippen molar-refractivity contribution in [3.05, 3.63) is 29.8 Å². The Morgan fingerprint density at radius 2 is 1.94 bits per heavy atom. The molecular weight excluding hydrogens is 398 g/mol. The molecule has 8 heteroatoms. The molecule has 0 radical (unpaired) electrons. The number of rotatable bonds is 5. The number of esters is 1. The van der Waals surface area contributed by atoms with Crippen molar-refractivity contribution >= 4 is 29.4 Å². The van der Waals surface area contributed by atoms with Crippen LogP contribution in [0.1, 0.15) is 62.7 Å². The summed E-state index contributed by atoms with van der Waals surface area (Å²) < 4.78 is 5.52. The molecule has 0 N–H and O–H groups in total. The second-order valence-electron chi connectivity index (χ2n) is 8.33. The van der Waals surface area contributed by atoms with Gasteiger partial charge in [0.1, 0.15) is 0 Å². The predicted octanol–water partition coefficient (Wildman–Crippen LogP) is 2.32. The molecule has 2 fully saturated rings. The first-order chi connectivity index (χ1) is 15.0. The first kappa shape index (κ1) is 21.3. The van der Waals surface area contributed by atoms with Crippen LogP contribution in [0.2, 0.25) is 0 Å². The van der Waals surface area contributed by atoms with E-state index in [-0.39, 0.29) is 49.8 Å². The Labute approximate surface area is 182 Å². The van der Waals surface area contributed by atoms with Crippen molar-refractivity contribution in [3.8, 4) is 0 Å². The van der Waals surface area contributed by atoms with Crippen LogP contribution in [0.4, 0.5) is 5.69 Å². The number of fused-ring (bicyclic) bond motifs is 3. The van der Waals surface area contributed by atoms with Gasteiger partial charge in [0, 0.05) is 32.0 Å². The molecule has 3 aliphatic rings. The van der Waals surface area contributed by atoms with Gasteiger partial charge in [-0.3, -0.25) is 19.3 Å². The second kappa shape index (κ2) is 8.32. The maximum Gasteiger partial charge on any atom is 0.354 e. The molecule has 1 aromatic rings. The molecule has 166 valence electrons. The van der Waals surface area contributed by atoms with Gasteiger partial charge in [0.05, 0.1) is 11.3 Å². The molecule has 0 aromatic heterocycles. The van der Waals surface area contributed by atoms with Crippen molar-refractivity contribution in [3.63, 3.8) is 0 Å². The highest BCUT2D eigenvalue weighted by molar-refractivity contribution is 6.15. The molecule has 31 heavy (non-hydrogen) atoms. The van der Waals surface area contributed by atoms with Crippen molar-refractivity contribution in [2.24, 2.45) is 0 Å². The molecule has 2 atom stereocenters. The van der Waals surface area contributed by atoms with Crippen LogP contribution >= 0.6 is 0 Å². The third-order valence-electron chi connectivity index (χ3n) is 6.76. The minimum atomic E-state index is -1.54. The van der Waals surface area contributed by atoms with Gasteiger partial charge in [0.2, 0.25) is 11.6 Å². The Balaban J connectivity index is 1.60. The summed E-state index contributed by atoms with van der Waals surface area (Å²) >= 11 is 0. The van der Waals surface area contributed by atoms with Crippen LogP contribution in [0.25, 0.3) is 0 Å². The number of nitrogens with zero attached hydrogens (tertiary/aromatic N) is 3. The van der Waals surface area contributed by atoms with Crippen molar-refractivity contribution in [1.82, 2.24) is 9.80 Å². The lowest BCUT2D eigenvalue weighted by Gasteiger charge is -2.48. The molecule has 0 spiro atoms. The monoisotopic (exact) mass is 427 g/mol. The lowest BCUT2D eigenvalue weighted by Crippen LogP contribution is -2.68. The van der Waals surface area contributed by atoms with Crippen molar-refractivity contribution in [1.29, 1.82) is 0 Å². The summed E-state index contributed by atoms with van der Waals surface area (Å²) in [4.78, 5) is 56.8. The Bertz CT molecular complexity index is 916. The van der Waals surface area contributed by atoms with Gasteiger partial charge in [0.25, 0.3) is 11.8 Å². The van der Waals surface area contributed by atoms with Gasteiger partial charge in [-0.05, 0) is 44.7 Å². The zero-order valence-corrected chi connectivity index (χ0v) is 18.1. The maximum atomic E-state index is 13.4. The van der Waals surface area contributed by atoms with Crippen LogP contribution in [-0.4, -0.2) is 64.9 Å². The van der Waals surface area contributed by atoms with Crippen LogP contribution in [0.15, 0.2) is 24.3 Å². The Kier molecular flexibility index (Phi) is 5.73. The molecule has 3 aliphatic heterocycles. The van der Waals surface area contributed by atoms with E-state index in [9.17, 15) is 19.2 Å². The highest BCUT2D eigenvalue weighted by Gasteiger charge is 2.61. The highest BCUT2D eigenvalue weighted by atomic mass is 16.5. The third kappa shape index (κ3) is 3.28. The second-order valence-corrected chi connectivity index (χ2v) is 8.33. The Hall–Kier alpha value is -2.90. The molecule has 0 saturated carbocycles. The number of carbonyl (C=O) groups excluding carboxylic acids is 4. The normalized spacial score (nSPS) is 25.4. The fourth-order valence-corrected chi connectivity index (χ4v) is 5.25. The number of benzene rings is 1. The van der Waals surface area contributed by atoms with E-state index in [1.807, 2.05) is 6.92 Å². The minimum absolute atomic E-state index is 0.130. The van der Waals surface area contributed by atoms with E-state index in [2.05, 4.69) is 0 Å². The van der Waals surface area contributed by atoms with Gasteiger partial charge in [-0.25, -0.2) is 4.79 Å². The van der Waals surface area contributed by atoms with E-state index >= 15 is 0 Å². The summed E-state index contributed by atoms with van der Waals surface area (Å²) in [5.41, 5.74) is -0.730. The molecule has 0 unspecified atom stereocenters. The molecule has 3 amide bonds. The van der Waals surface area contributed by atoms with E-state index in [1.54, 1.807) is 36.1 Å². The molecule has 0 bridgehead atoms. The van der Waals surface area contributed by atoms with Gasteiger partial charge in [-0.1, -0.05) is 19.1 Å². The average Bonchev–Trinajstić information content (AvgIpc) is 3.15. The lowest BCUT2D eigenvalue weighted by molar-refractivity contribution is -0.163. The summed E-state index contributed by atoms with van der Waals surface area (Å²) in [5.74, 6) is -1.49. The molecule has 8 nitrogen and oxygen atoms in total. The van der Waals surface area contributed by atoms with Crippen LogP contribution in [0.5, 0.6) is 0 Å². The van der Waals surface area contributed by atoms with Gasteiger partial charge in [-0.2, -0.15) is 0 Å². The predicted molar refractivity (Wildman–Crippen MR) is 113 cm³/mol. The Morgan fingerprint density at radius 3 is 2.68 bits per heavy atom. The van der Waals surface area contributed by atoms with E-state index in [0.29, 0.717) is 17.8 Å². The molecular formula is C23H29N3O5. The number of hydrogen-bond donors (Lipinski definition) is 0. The number of para-hydroxylation sites is 1. The van der Waals surface area contributed by atoms with Crippen LogP contribution in [0, 0.1) is 0 Å². The van der Waals surface area contributed by atoms with Gasteiger partial charge < -0.3 is 14.5 Å². The first-order valence-electron chi connectivity index (χ1n) is 11.2. The summed E-state index contributed by atoms with van der Waals surface area (Å²) in [7, 11) is 0. The number of likely N-dealkylation sites (N-methyl/N-ethyl adjacent to an activating group) is 1. The lowest BCUT2D eigenvalue weighted by atomic mass is 9.96. The maximum absolute atomic E-state index is 13.4. The van der Waals surface area contributed by atoms with Crippen molar-refractivity contribution in [2.45, 2.75) is 64.1 Å². The number of likely N-dealkylation sites (tertiary alicyclic amines) is 1. The molecule has 3 heterocycles. The molecule has 0 aliphatic carbocycles. The highest BCUT2D eigenvalue weighted by Crippen LogP contribution is 2.44. The smallest absolute Gasteiger partial charge is 0.354 e. The number of carbonyl (C=O) groups is 4. The van der Waals surface area contributed by atoms with Crippen molar-refractivity contribution < 1.29 is 23.9 Å². The molecule has 4 rings (SSSR count). The minimum Gasteiger partial charge on any atom is -0.452 e. The number of hydrogen-bond acceptors (Lipinski definition) is 5. The zero-order chi connectivity index (χ0) is 22.2. The van der Waals surface area contributed by atoms with Crippen LogP contribution in [-0.2, 0) is 19.1 Å². The van der Waals surface area contributed by atoms with Gasteiger partial charge in [0.15, 0.2) is 6.61 Å². The first-order valence-corrected chi connectivity index (χ1v) is 11.2. The van der Waals surface area contributed by atoms with Crippen LogP contribution in [0.3, 0.4) is 0 Å². The van der Waals surface area contributed by atoms with E-state index in [4.69, 9.17) is 4.74 Å². The van der Waals surface area contributed by atoms with E-state index < -0.39 is 11.6 Å². The SMILES string of the molecule is CC[C@@H]1CCCCN1C(=O)COC(=O)[C@]12CCC(=O)N1c1ccccc1C(=O)N2CC. The number of anilines is 1. The van der Waals surface area contributed by atoms with Gasteiger partial charge in [-0.15, -0.1) is 0 Å². The number of piperidine rings is 1. The zero-order valence-electron chi connectivity index (χ0n) is 18.1. The summed E-state index contributed by atoms with van der Waals surface area (Å²) in [6, 6.07) is 6.97. The number of amides is 3. The van der Waals surface area contributed by atoms with Crippen LogP contribution < -0.4 is 4.90 Å². The molecule has 2 saturated heterocycles. The van der Waals surface area contributed by atoms with E-state index in [0.717, 1.165) is 25.7 Å². The van der Waals surface area contributed by atoms with Crippen molar-refractivity contribution in [2.75, 3.05) is 24.6 Å². The standard InChI is InChI=1S/C23H29N3O5/c1-3-16-9-7-8-14-24(16)20(28)15-31-22(30)23-13-12-19(27)26(23)18-11-6-5-10-17(18)21(29)25(23)4-2/h5-6,10-11,16H,3-4,7-9,12-15H2,1-2H3/t16-,23+/m1/s1. The van der Waals surface area contributed by atoms with Gasteiger partial charge >= 0.3 is 5.97 Å². The topological polar surface area (TPSA) is 87.2 Å². The third-order valence-corrected chi connectivity index (χ3v) is 6.76. The summed E-state index contributed by atoms with van der Waals surface area (Å²) in [5, 5.41) is 0. The Morgan fingerprint density at radius 1 is 1.16 bits per heavy atom. The fourth-order valence-electron chi connectivity index (χ4n) is 5.25.